The molecule has 2 N–H and O–H groups in total. The Morgan fingerprint density at radius 1 is 1.16 bits per heavy atom. The number of hydrogen-bond donors (Lipinski definition) is 2. The lowest BCUT2D eigenvalue weighted by Gasteiger charge is -2.17. The molecule has 0 bridgehead atoms. The molecule has 1 fully saturated rings. The summed E-state index contributed by atoms with van der Waals surface area (Å²) in [4.78, 5) is 16.9. The third kappa shape index (κ3) is 5.24. The van der Waals surface area contributed by atoms with Crippen LogP contribution >= 0.6 is 0 Å². The Hall–Kier alpha value is -3.68. The van der Waals surface area contributed by atoms with Crippen molar-refractivity contribution in [1.29, 1.82) is 4.78 Å². The number of nitrogens with zero attached hydrogens (tertiary/aromatic N) is 3. The number of nitrogens with one attached hydrogen (secondary N) is 2. The summed E-state index contributed by atoms with van der Waals surface area (Å²) >= 11 is 0. The van der Waals surface area contributed by atoms with Crippen molar-refractivity contribution in [3.63, 3.8) is 0 Å². The summed E-state index contributed by atoms with van der Waals surface area (Å²) in [5, 5.41) is 8.72. The number of ether oxygens (including phenoxy) is 1. The molecule has 0 radical (unpaired) electrons. The minimum Gasteiger partial charge on any atom is -0.415 e. The molecule has 0 aliphatic heterocycles. The number of carbonyl (C=O) groups excluding carboxylic acids is 1. The van der Waals surface area contributed by atoms with E-state index in [0.29, 0.717) is 12.8 Å². The molecule has 0 spiro atoms. The van der Waals surface area contributed by atoms with E-state index in [0.717, 1.165) is 19.4 Å². The molecule has 0 saturated heterocycles. The van der Waals surface area contributed by atoms with E-state index in [9.17, 15) is 31.0 Å². The van der Waals surface area contributed by atoms with Gasteiger partial charge in [-0.2, -0.15) is 17.6 Å². The topological polar surface area (TPSA) is 118 Å². The minimum absolute atomic E-state index is 0.0115. The minimum atomic E-state index is -4.99. The highest BCUT2D eigenvalue weighted by Crippen LogP contribution is 2.49. The lowest BCUT2D eigenvalue weighted by Crippen LogP contribution is -2.21. The van der Waals surface area contributed by atoms with Crippen molar-refractivity contribution in [2.24, 2.45) is 0 Å². The summed E-state index contributed by atoms with van der Waals surface area (Å²) in [7, 11) is -3.16. The van der Waals surface area contributed by atoms with Gasteiger partial charge in [-0.15, -0.1) is 10.2 Å². The highest BCUT2D eigenvalue weighted by atomic mass is 32.2. The van der Waals surface area contributed by atoms with Gasteiger partial charge in [0.25, 0.3) is 17.7 Å². The second-order valence-corrected chi connectivity index (χ2v) is 11.1. The van der Waals surface area contributed by atoms with Gasteiger partial charge in [0.15, 0.2) is 11.5 Å². The van der Waals surface area contributed by atoms with Gasteiger partial charge in [-0.3, -0.25) is 4.79 Å². The standard InChI is InChI=1S/C23H20F5N5O3S/c1-11-15(19(34)31-12-5-4-6-13(9-12)37(3,29)35)20(33-32-18(11)23(26,27)28)36-21-17(25)16(24)14(10-30-21)22(2)7-8-22/h4-6,9-10,29H,7-8H2,1-3H3,(H,31,34). The molecule has 2 heterocycles. The zero-order chi connectivity index (χ0) is 27.3. The van der Waals surface area contributed by atoms with E-state index >= 15 is 0 Å². The Morgan fingerprint density at radius 3 is 2.43 bits per heavy atom. The fourth-order valence-electron chi connectivity index (χ4n) is 3.61. The van der Waals surface area contributed by atoms with Crippen LogP contribution in [0, 0.1) is 23.3 Å². The smallest absolute Gasteiger partial charge is 0.415 e. The van der Waals surface area contributed by atoms with Crippen LogP contribution in [0.15, 0.2) is 35.4 Å². The summed E-state index contributed by atoms with van der Waals surface area (Å²) in [5.41, 5.74) is -3.45. The SMILES string of the molecule is Cc1c(C(F)(F)F)nnc(Oc2ncc(C3(C)CC3)c(F)c2F)c1C(=O)Nc1cccc(S(C)(=N)=O)c1. The molecule has 2 aromatic heterocycles. The van der Waals surface area contributed by atoms with Crippen molar-refractivity contribution in [2.45, 2.75) is 43.2 Å². The number of pyridine rings is 1. The molecule has 1 atom stereocenters. The fraction of sp³-hybridized carbons (Fsp3) is 0.304. The zero-order valence-electron chi connectivity index (χ0n) is 19.7. The highest BCUT2D eigenvalue weighted by Gasteiger charge is 2.43. The van der Waals surface area contributed by atoms with Crippen LogP contribution in [-0.2, 0) is 21.3 Å². The van der Waals surface area contributed by atoms with E-state index < -0.39 is 67.4 Å². The Kier molecular flexibility index (Phi) is 6.42. The van der Waals surface area contributed by atoms with Crippen LogP contribution in [0.3, 0.4) is 0 Å². The monoisotopic (exact) mass is 541 g/mol. The average molecular weight is 542 g/mol. The molecule has 1 unspecified atom stereocenters. The van der Waals surface area contributed by atoms with Crippen molar-refractivity contribution in [3.8, 4) is 11.8 Å². The molecule has 1 aromatic carbocycles. The van der Waals surface area contributed by atoms with E-state index in [-0.39, 0.29) is 16.1 Å². The van der Waals surface area contributed by atoms with Crippen LogP contribution in [-0.4, -0.2) is 31.6 Å². The van der Waals surface area contributed by atoms with Gasteiger partial charge in [-0.1, -0.05) is 13.0 Å². The van der Waals surface area contributed by atoms with Crippen LogP contribution < -0.4 is 10.1 Å². The second kappa shape index (κ2) is 9.01. The largest absolute Gasteiger partial charge is 0.435 e. The lowest BCUT2D eigenvalue weighted by molar-refractivity contribution is -0.142. The summed E-state index contributed by atoms with van der Waals surface area (Å²) in [6.07, 6.45) is -1.50. The number of halogens is 5. The Morgan fingerprint density at radius 2 is 1.84 bits per heavy atom. The molecule has 8 nitrogen and oxygen atoms in total. The maximum Gasteiger partial charge on any atom is 0.435 e. The van der Waals surface area contributed by atoms with Crippen molar-refractivity contribution >= 4 is 21.3 Å². The molecule has 37 heavy (non-hydrogen) atoms. The van der Waals surface area contributed by atoms with Gasteiger partial charge in [0, 0.05) is 28.6 Å². The first-order valence-electron chi connectivity index (χ1n) is 10.7. The molecule has 3 aromatic rings. The normalized spacial score (nSPS) is 16.1. The van der Waals surface area contributed by atoms with Crippen LogP contribution in [0.2, 0.25) is 0 Å². The molecule has 1 saturated carbocycles. The van der Waals surface area contributed by atoms with Gasteiger partial charge in [0.2, 0.25) is 5.82 Å². The Bertz CT molecular complexity index is 1520. The first-order chi connectivity index (χ1) is 17.1. The molecular weight excluding hydrogens is 521 g/mol. The maximum atomic E-state index is 14.8. The van der Waals surface area contributed by atoms with Crippen molar-refractivity contribution < 1.29 is 35.7 Å². The third-order valence-electron chi connectivity index (χ3n) is 5.99. The maximum absolute atomic E-state index is 14.8. The van der Waals surface area contributed by atoms with Crippen molar-refractivity contribution in [2.75, 3.05) is 11.6 Å². The van der Waals surface area contributed by atoms with E-state index in [4.69, 9.17) is 9.52 Å². The van der Waals surface area contributed by atoms with Crippen LogP contribution in [0.25, 0.3) is 0 Å². The van der Waals surface area contributed by atoms with Crippen LogP contribution in [0.4, 0.5) is 27.6 Å². The molecular formula is C23H20F5N5O3S. The van der Waals surface area contributed by atoms with Gasteiger partial charge < -0.3 is 10.1 Å². The Balaban J connectivity index is 1.76. The number of hydrogen-bond acceptors (Lipinski definition) is 7. The fourth-order valence-corrected chi connectivity index (χ4v) is 4.30. The van der Waals surface area contributed by atoms with Crippen molar-refractivity contribution in [1.82, 2.24) is 15.2 Å². The number of alkyl halides is 3. The van der Waals surface area contributed by atoms with E-state index in [2.05, 4.69) is 20.5 Å². The number of aromatic nitrogens is 3. The van der Waals surface area contributed by atoms with Crippen molar-refractivity contribution in [3.05, 3.63) is 64.5 Å². The summed E-state index contributed by atoms with van der Waals surface area (Å²) in [6, 6.07) is 5.35. The summed E-state index contributed by atoms with van der Waals surface area (Å²) < 4.78 is 94.8. The molecule has 1 aliphatic carbocycles. The molecule has 14 heteroatoms. The first-order valence-corrected chi connectivity index (χ1v) is 12.7. The predicted molar refractivity (Wildman–Crippen MR) is 122 cm³/mol. The van der Waals surface area contributed by atoms with Gasteiger partial charge in [0.05, 0.1) is 9.73 Å². The quantitative estimate of drug-likeness (QED) is 0.392. The van der Waals surface area contributed by atoms with Gasteiger partial charge in [0.1, 0.15) is 5.56 Å². The van der Waals surface area contributed by atoms with E-state index in [1.165, 1.54) is 24.3 Å². The predicted octanol–water partition coefficient (Wildman–Crippen LogP) is 5.61. The van der Waals surface area contributed by atoms with Gasteiger partial charge in [-0.05, 0) is 48.9 Å². The molecule has 196 valence electrons. The zero-order valence-corrected chi connectivity index (χ0v) is 20.5. The lowest BCUT2D eigenvalue weighted by atomic mass is 10.00. The molecule has 1 amide bonds. The number of rotatable bonds is 6. The number of anilines is 1. The average Bonchev–Trinajstić information content (AvgIpc) is 3.53. The third-order valence-corrected chi connectivity index (χ3v) is 7.15. The van der Waals surface area contributed by atoms with Gasteiger partial charge in [-0.25, -0.2) is 18.4 Å². The van der Waals surface area contributed by atoms with E-state index in [1.807, 2.05) is 0 Å². The Labute approximate surface area is 208 Å². The summed E-state index contributed by atoms with van der Waals surface area (Å²) in [5.74, 6) is -5.63. The molecule has 1 aliphatic rings. The number of benzene rings is 1. The summed E-state index contributed by atoms with van der Waals surface area (Å²) in [6.45, 7) is 2.67. The second-order valence-electron chi connectivity index (χ2n) is 8.94. The number of carbonyl (C=O) groups is 1. The number of amides is 1. The molecule has 4 rings (SSSR count). The highest BCUT2D eigenvalue weighted by molar-refractivity contribution is 7.91. The van der Waals surface area contributed by atoms with E-state index in [1.54, 1.807) is 6.92 Å². The van der Waals surface area contributed by atoms with Crippen LogP contribution in [0.1, 0.15) is 46.9 Å². The van der Waals surface area contributed by atoms with Crippen LogP contribution in [0.5, 0.6) is 11.8 Å². The van der Waals surface area contributed by atoms with Gasteiger partial charge >= 0.3 is 6.18 Å². The first kappa shape index (κ1) is 26.4.